The van der Waals surface area contributed by atoms with Crippen LogP contribution in [0.5, 0.6) is 0 Å². The van der Waals surface area contributed by atoms with Crippen molar-refractivity contribution >= 4 is 44.9 Å². The van der Waals surface area contributed by atoms with E-state index in [1.165, 1.54) is 38.1 Å². The van der Waals surface area contributed by atoms with E-state index < -0.39 is 15.9 Å². The van der Waals surface area contributed by atoms with Crippen LogP contribution in [0.2, 0.25) is 5.02 Å². The number of rotatable bonds is 4. The molecule has 0 atom stereocenters. The summed E-state index contributed by atoms with van der Waals surface area (Å²) in [7, 11) is -2.48. The first-order chi connectivity index (χ1) is 11.3. The van der Waals surface area contributed by atoms with Crippen LogP contribution < -0.4 is 20.9 Å². The number of hydrogen-bond donors (Lipinski definition) is 4. The Morgan fingerprint density at radius 1 is 1.25 bits per heavy atom. The molecule has 2 rings (SSSR count). The maximum atomic E-state index is 12.1. The van der Waals surface area contributed by atoms with Crippen LogP contribution in [0, 0.1) is 0 Å². The van der Waals surface area contributed by atoms with Crippen molar-refractivity contribution in [3.05, 3.63) is 28.8 Å². The molecule has 0 aromatic heterocycles. The van der Waals surface area contributed by atoms with Crippen LogP contribution >= 0.6 is 23.8 Å². The average Bonchev–Trinajstić information content (AvgIpc) is 3.05. The quantitative estimate of drug-likeness (QED) is 0.457. The minimum atomic E-state index is -3.75. The molecule has 1 amide bonds. The van der Waals surface area contributed by atoms with Gasteiger partial charge in [-0.1, -0.05) is 24.4 Å². The molecule has 24 heavy (non-hydrogen) atoms. The molecule has 132 valence electrons. The van der Waals surface area contributed by atoms with Crippen molar-refractivity contribution in [1.29, 1.82) is 0 Å². The third-order valence-electron chi connectivity index (χ3n) is 3.73. The van der Waals surface area contributed by atoms with Crippen LogP contribution in [0.1, 0.15) is 36.0 Å². The second-order valence-electron chi connectivity index (χ2n) is 5.39. The number of benzene rings is 1. The lowest BCUT2D eigenvalue weighted by molar-refractivity contribution is 0.0943. The summed E-state index contributed by atoms with van der Waals surface area (Å²) in [5.41, 5.74) is 5.20. The topological polar surface area (TPSA) is 99.3 Å². The first-order valence-electron chi connectivity index (χ1n) is 7.43. The molecule has 0 saturated heterocycles. The van der Waals surface area contributed by atoms with Gasteiger partial charge in [0.1, 0.15) is 4.90 Å². The summed E-state index contributed by atoms with van der Waals surface area (Å²) < 4.78 is 25.9. The molecule has 0 unspecified atom stereocenters. The molecule has 1 aromatic rings. The van der Waals surface area contributed by atoms with Crippen LogP contribution in [0.4, 0.5) is 0 Å². The van der Waals surface area contributed by atoms with E-state index in [0.717, 1.165) is 12.8 Å². The molecule has 0 spiro atoms. The van der Waals surface area contributed by atoms with Crippen LogP contribution in [-0.2, 0) is 10.0 Å². The van der Waals surface area contributed by atoms with Gasteiger partial charge in [-0.3, -0.25) is 15.6 Å². The van der Waals surface area contributed by atoms with Gasteiger partial charge >= 0.3 is 0 Å². The summed E-state index contributed by atoms with van der Waals surface area (Å²) in [5, 5.41) is 3.48. The molecule has 1 saturated carbocycles. The highest BCUT2D eigenvalue weighted by atomic mass is 35.5. The van der Waals surface area contributed by atoms with Gasteiger partial charge in [0.15, 0.2) is 5.11 Å². The van der Waals surface area contributed by atoms with Gasteiger partial charge < -0.3 is 5.32 Å². The second kappa shape index (κ2) is 8.11. The molecule has 1 fully saturated rings. The number of thiocarbonyl (C=S) groups is 1. The zero-order chi connectivity index (χ0) is 17.7. The fourth-order valence-electron chi connectivity index (χ4n) is 2.44. The molecule has 0 heterocycles. The predicted molar refractivity (Wildman–Crippen MR) is 96.3 cm³/mol. The van der Waals surface area contributed by atoms with Crippen molar-refractivity contribution in [2.45, 2.75) is 36.6 Å². The van der Waals surface area contributed by atoms with Gasteiger partial charge in [-0.2, -0.15) is 0 Å². The smallest absolute Gasteiger partial charge is 0.269 e. The van der Waals surface area contributed by atoms with Crippen LogP contribution in [-0.4, -0.2) is 32.5 Å². The van der Waals surface area contributed by atoms with Crippen molar-refractivity contribution < 1.29 is 13.2 Å². The highest BCUT2D eigenvalue weighted by molar-refractivity contribution is 7.89. The zero-order valence-electron chi connectivity index (χ0n) is 13.1. The largest absolute Gasteiger partial charge is 0.359 e. The van der Waals surface area contributed by atoms with E-state index in [4.69, 9.17) is 23.8 Å². The van der Waals surface area contributed by atoms with Crippen molar-refractivity contribution in [1.82, 2.24) is 20.9 Å². The zero-order valence-corrected chi connectivity index (χ0v) is 15.4. The van der Waals surface area contributed by atoms with Gasteiger partial charge in [-0.05, 0) is 50.3 Å². The van der Waals surface area contributed by atoms with E-state index in [1.54, 1.807) is 0 Å². The maximum absolute atomic E-state index is 12.1. The molecule has 0 radical (unpaired) electrons. The minimum Gasteiger partial charge on any atom is -0.359 e. The molecular weight excluding hydrogens is 372 g/mol. The highest BCUT2D eigenvalue weighted by Crippen LogP contribution is 2.22. The maximum Gasteiger partial charge on any atom is 0.269 e. The second-order valence-corrected chi connectivity index (χ2v) is 8.06. The van der Waals surface area contributed by atoms with Gasteiger partial charge in [0.2, 0.25) is 10.0 Å². The Hall–Kier alpha value is -1.42. The molecule has 10 heteroatoms. The number of hydrogen-bond acceptors (Lipinski definition) is 4. The first-order valence-corrected chi connectivity index (χ1v) is 9.70. The van der Waals surface area contributed by atoms with Crippen LogP contribution in [0.15, 0.2) is 23.1 Å². The lowest BCUT2D eigenvalue weighted by atomic mass is 10.2. The van der Waals surface area contributed by atoms with E-state index in [0.29, 0.717) is 11.2 Å². The molecule has 0 aliphatic heterocycles. The Morgan fingerprint density at radius 3 is 2.54 bits per heavy atom. The molecule has 1 aliphatic carbocycles. The summed E-state index contributed by atoms with van der Waals surface area (Å²) in [6, 6.07) is 4.32. The van der Waals surface area contributed by atoms with Crippen molar-refractivity contribution in [3.63, 3.8) is 0 Å². The summed E-state index contributed by atoms with van der Waals surface area (Å²) in [4.78, 5) is 12.0. The number of amides is 1. The lowest BCUT2D eigenvalue weighted by Crippen LogP contribution is -2.49. The summed E-state index contributed by atoms with van der Waals surface area (Å²) in [5.74, 6) is -0.519. The minimum absolute atomic E-state index is 0.0345. The monoisotopic (exact) mass is 390 g/mol. The van der Waals surface area contributed by atoms with Crippen molar-refractivity contribution in [3.8, 4) is 0 Å². The third-order valence-corrected chi connectivity index (χ3v) is 5.85. The Bertz CT molecular complexity index is 734. The van der Waals surface area contributed by atoms with Crippen molar-refractivity contribution in [2.75, 3.05) is 7.05 Å². The molecular formula is C14H19ClN4O3S2. The lowest BCUT2D eigenvalue weighted by Gasteiger charge is -2.16. The summed E-state index contributed by atoms with van der Waals surface area (Å²) >= 11 is 11.0. The van der Waals surface area contributed by atoms with Crippen LogP contribution in [0.3, 0.4) is 0 Å². The summed E-state index contributed by atoms with van der Waals surface area (Å²) in [6.07, 6.45) is 4.44. The van der Waals surface area contributed by atoms with Crippen molar-refractivity contribution in [2.24, 2.45) is 0 Å². The van der Waals surface area contributed by atoms with Gasteiger partial charge in [-0.25, -0.2) is 13.1 Å². The molecule has 0 bridgehead atoms. The number of carbonyl (C=O) groups excluding carboxylic acids is 1. The third kappa shape index (κ3) is 4.79. The van der Waals surface area contributed by atoms with E-state index in [9.17, 15) is 13.2 Å². The fourth-order valence-corrected chi connectivity index (χ4v) is 3.90. The standard InChI is InChI=1S/C14H19ClN4O3S2/c1-16-24(21,22)12-8-9(6-7-11(12)15)13(20)18-19-14(23)17-10-4-2-3-5-10/h6-8,10,16H,2-5H2,1H3,(H,18,20)(H2,17,19,23). The molecule has 4 N–H and O–H groups in total. The molecule has 1 aliphatic rings. The SMILES string of the molecule is CNS(=O)(=O)c1cc(C(=O)NNC(=S)NC2CCCC2)ccc1Cl. The Balaban J connectivity index is 1.99. The van der Waals surface area contributed by atoms with E-state index in [2.05, 4.69) is 20.9 Å². The Morgan fingerprint density at radius 2 is 1.92 bits per heavy atom. The van der Waals surface area contributed by atoms with E-state index >= 15 is 0 Å². The first kappa shape index (κ1) is 18.9. The molecule has 7 nitrogen and oxygen atoms in total. The number of halogens is 1. The predicted octanol–water partition coefficient (Wildman–Crippen LogP) is 1.30. The number of nitrogens with one attached hydrogen (secondary N) is 4. The van der Waals surface area contributed by atoms with Gasteiger partial charge in [0.05, 0.1) is 5.02 Å². The number of hydrazine groups is 1. The van der Waals surface area contributed by atoms with Gasteiger partial charge in [0, 0.05) is 11.6 Å². The fraction of sp³-hybridized carbons (Fsp3) is 0.429. The normalized spacial score (nSPS) is 15.1. The Kier molecular flexibility index (Phi) is 6.39. The van der Waals surface area contributed by atoms with Crippen LogP contribution in [0.25, 0.3) is 0 Å². The Labute approximate surface area is 151 Å². The summed E-state index contributed by atoms with van der Waals surface area (Å²) in [6.45, 7) is 0. The van der Waals surface area contributed by atoms with E-state index in [-0.39, 0.29) is 15.5 Å². The van der Waals surface area contributed by atoms with Gasteiger partial charge in [0.25, 0.3) is 5.91 Å². The molecule has 1 aromatic carbocycles. The van der Waals surface area contributed by atoms with E-state index in [1.807, 2.05) is 0 Å². The number of sulfonamides is 1. The average molecular weight is 391 g/mol. The van der Waals surface area contributed by atoms with Gasteiger partial charge in [-0.15, -0.1) is 0 Å². The highest BCUT2D eigenvalue weighted by Gasteiger charge is 2.19. The number of carbonyl (C=O) groups is 1.